The van der Waals surface area contributed by atoms with Crippen molar-refractivity contribution in [3.05, 3.63) is 29.6 Å². The molecule has 3 heteroatoms. The Morgan fingerprint density at radius 3 is 2.93 bits per heavy atom. The van der Waals surface area contributed by atoms with E-state index in [0.29, 0.717) is 0 Å². The van der Waals surface area contributed by atoms with Crippen molar-refractivity contribution in [2.45, 2.75) is 19.8 Å². The molecule has 2 rings (SSSR count). The predicted octanol–water partition coefficient (Wildman–Crippen LogP) is 1.77. The molecule has 0 aliphatic heterocycles. The van der Waals surface area contributed by atoms with Crippen LogP contribution in [-0.2, 0) is 13.5 Å². The Hall–Kier alpha value is -1.35. The first-order chi connectivity index (χ1) is 7.22. The molecule has 0 aliphatic rings. The lowest BCUT2D eigenvalue weighted by Crippen LogP contribution is -2.04. The van der Waals surface area contributed by atoms with Gasteiger partial charge in [-0.2, -0.15) is 0 Å². The van der Waals surface area contributed by atoms with Crippen LogP contribution in [0.5, 0.6) is 0 Å². The molecule has 2 N–H and O–H groups in total. The van der Waals surface area contributed by atoms with Gasteiger partial charge in [-0.05, 0) is 37.6 Å². The first kappa shape index (κ1) is 10.2. The van der Waals surface area contributed by atoms with Crippen molar-refractivity contribution in [1.82, 2.24) is 9.55 Å². The van der Waals surface area contributed by atoms with Crippen LogP contribution in [0, 0.1) is 6.92 Å². The van der Waals surface area contributed by atoms with Gasteiger partial charge >= 0.3 is 0 Å². The molecule has 0 radical (unpaired) electrons. The van der Waals surface area contributed by atoms with Gasteiger partial charge in [0.2, 0.25) is 0 Å². The van der Waals surface area contributed by atoms with Crippen LogP contribution in [0.2, 0.25) is 0 Å². The lowest BCUT2D eigenvalue weighted by molar-refractivity contribution is 0.741. The number of fused-ring (bicyclic) bond motifs is 1. The van der Waals surface area contributed by atoms with Crippen molar-refractivity contribution in [3.63, 3.8) is 0 Å². The van der Waals surface area contributed by atoms with Crippen molar-refractivity contribution < 1.29 is 0 Å². The Morgan fingerprint density at radius 1 is 1.40 bits per heavy atom. The fraction of sp³-hybridized carbons (Fsp3) is 0.417. The van der Waals surface area contributed by atoms with Gasteiger partial charge in [-0.1, -0.05) is 6.07 Å². The van der Waals surface area contributed by atoms with Gasteiger partial charge in [-0.15, -0.1) is 0 Å². The number of hydrogen-bond donors (Lipinski definition) is 1. The zero-order valence-electron chi connectivity index (χ0n) is 9.33. The normalized spacial score (nSPS) is 11.1. The predicted molar refractivity (Wildman–Crippen MR) is 62.8 cm³/mol. The van der Waals surface area contributed by atoms with Gasteiger partial charge < -0.3 is 10.3 Å². The maximum atomic E-state index is 5.51. The number of benzene rings is 1. The van der Waals surface area contributed by atoms with E-state index in [4.69, 9.17) is 5.73 Å². The first-order valence-corrected chi connectivity index (χ1v) is 5.34. The molecule has 0 bridgehead atoms. The monoisotopic (exact) mass is 203 g/mol. The molecular weight excluding hydrogens is 186 g/mol. The molecule has 1 aromatic carbocycles. The van der Waals surface area contributed by atoms with Gasteiger partial charge in [0, 0.05) is 13.5 Å². The Labute approximate surface area is 89.9 Å². The molecule has 80 valence electrons. The molecule has 3 nitrogen and oxygen atoms in total. The molecule has 0 saturated carbocycles. The van der Waals surface area contributed by atoms with Crippen LogP contribution in [0.3, 0.4) is 0 Å². The standard InChI is InChI=1S/C12H17N3/c1-9-5-6-10-11(8-9)15(2)12(14-10)4-3-7-13/h5-6,8H,3-4,7,13H2,1-2H3. The van der Waals surface area contributed by atoms with E-state index < -0.39 is 0 Å². The van der Waals surface area contributed by atoms with Gasteiger partial charge in [0.25, 0.3) is 0 Å². The third kappa shape index (κ3) is 1.88. The number of nitrogens with zero attached hydrogens (tertiary/aromatic N) is 2. The molecule has 0 atom stereocenters. The highest BCUT2D eigenvalue weighted by Crippen LogP contribution is 2.17. The van der Waals surface area contributed by atoms with Gasteiger partial charge in [0.05, 0.1) is 11.0 Å². The summed E-state index contributed by atoms with van der Waals surface area (Å²) in [6.45, 7) is 2.83. The number of aryl methyl sites for hydroxylation is 3. The van der Waals surface area contributed by atoms with Crippen LogP contribution in [0.4, 0.5) is 0 Å². The molecule has 0 amide bonds. The van der Waals surface area contributed by atoms with Crippen LogP contribution in [0.15, 0.2) is 18.2 Å². The molecule has 0 unspecified atom stereocenters. The van der Waals surface area contributed by atoms with Crippen LogP contribution in [-0.4, -0.2) is 16.1 Å². The van der Waals surface area contributed by atoms with E-state index in [-0.39, 0.29) is 0 Å². The molecule has 1 aromatic heterocycles. The molecule has 0 fully saturated rings. The van der Waals surface area contributed by atoms with E-state index >= 15 is 0 Å². The number of aromatic nitrogens is 2. The second kappa shape index (κ2) is 4.03. The number of hydrogen-bond acceptors (Lipinski definition) is 2. The van der Waals surface area contributed by atoms with Gasteiger partial charge in [0.15, 0.2) is 0 Å². The second-order valence-corrected chi connectivity index (χ2v) is 3.97. The fourth-order valence-corrected chi connectivity index (χ4v) is 1.83. The van der Waals surface area contributed by atoms with Crippen LogP contribution < -0.4 is 5.73 Å². The number of nitrogens with two attached hydrogens (primary N) is 1. The summed E-state index contributed by atoms with van der Waals surface area (Å²) in [6, 6.07) is 6.35. The van der Waals surface area contributed by atoms with E-state index in [1.54, 1.807) is 0 Å². The van der Waals surface area contributed by atoms with Crippen molar-refractivity contribution >= 4 is 11.0 Å². The van der Waals surface area contributed by atoms with Crippen LogP contribution in [0.25, 0.3) is 11.0 Å². The topological polar surface area (TPSA) is 43.8 Å². The Bertz CT molecular complexity index is 471. The average molecular weight is 203 g/mol. The largest absolute Gasteiger partial charge is 0.331 e. The van der Waals surface area contributed by atoms with Crippen LogP contribution in [0.1, 0.15) is 17.8 Å². The van der Waals surface area contributed by atoms with Gasteiger partial charge in [-0.25, -0.2) is 4.98 Å². The number of imidazole rings is 1. The molecule has 2 aromatic rings. The van der Waals surface area contributed by atoms with Gasteiger partial charge in [0.1, 0.15) is 5.82 Å². The fourth-order valence-electron chi connectivity index (χ4n) is 1.83. The summed E-state index contributed by atoms with van der Waals surface area (Å²) in [7, 11) is 2.07. The van der Waals surface area contributed by atoms with E-state index in [0.717, 1.165) is 30.7 Å². The van der Waals surface area contributed by atoms with E-state index in [9.17, 15) is 0 Å². The summed E-state index contributed by atoms with van der Waals surface area (Å²) in [6.07, 6.45) is 1.96. The zero-order chi connectivity index (χ0) is 10.8. The summed E-state index contributed by atoms with van der Waals surface area (Å²) in [5, 5.41) is 0. The van der Waals surface area contributed by atoms with Crippen molar-refractivity contribution in [3.8, 4) is 0 Å². The Morgan fingerprint density at radius 2 is 2.20 bits per heavy atom. The van der Waals surface area contributed by atoms with Crippen molar-refractivity contribution in [2.24, 2.45) is 12.8 Å². The Kier molecular flexibility index (Phi) is 2.73. The molecule has 0 spiro atoms. The minimum Gasteiger partial charge on any atom is -0.331 e. The summed E-state index contributed by atoms with van der Waals surface area (Å²) in [5.74, 6) is 1.13. The molecule has 0 aliphatic carbocycles. The van der Waals surface area contributed by atoms with Crippen LogP contribution >= 0.6 is 0 Å². The summed E-state index contributed by atoms with van der Waals surface area (Å²) < 4.78 is 2.16. The van der Waals surface area contributed by atoms with E-state index in [1.165, 1.54) is 11.1 Å². The van der Waals surface area contributed by atoms with Crippen molar-refractivity contribution in [1.29, 1.82) is 0 Å². The highest BCUT2D eigenvalue weighted by atomic mass is 15.1. The SMILES string of the molecule is Cc1ccc2nc(CCCN)n(C)c2c1. The lowest BCUT2D eigenvalue weighted by Gasteiger charge is -2.00. The third-order valence-corrected chi connectivity index (χ3v) is 2.73. The average Bonchev–Trinajstić information content (AvgIpc) is 2.53. The second-order valence-electron chi connectivity index (χ2n) is 3.97. The maximum absolute atomic E-state index is 5.51. The Balaban J connectivity index is 2.45. The molecule has 15 heavy (non-hydrogen) atoms. The first-order valence-electron chi connectivity index (χ1n) is 5.34. The highest BCUT2D eigenvalue weighted by Gasteiger charge is 2.06. The van der Waals surface area contributed by atoms with E-state index in [2.05, 4.69) is 41.7 Å². The van der Waals surface area contributed by atoms with E-state index in [1.807, 2.05) is 0 Å². The highest BCUT2D eigenvalue weighted by molar-refractivity contribution is 5.76. The maximum Gasteiger partial charge on any atom is 0.109 e. The smallest absolute Gasteiger partial charge is 0.109 e. The minimum atomic E-state index is 0.724. The summed E-state index contributed by atoms with van der Waals surface area (Å²) in [5.41, 5.74) is 9.07. The lowest BCUT2D eigenvalue weighted by atomic mass is 10.2. The molecular formula is C12H17N3. The van der Waals surface area contributed by atoms with Crippen molar-refractivity contribution in [2.75, 3.05) is 6.54 Å². The third-order valence-electron chi connectivity index (χ3n) is 2.73. The quantitative estimate of drug-likeness (QED) is 0.826. The zero-order valence-corrected chi connectivity index (χ0v) is 9.33. The van der Waals surface area contributed by atoms with Gasteiger partial charge in [-0.3, -0.25) is 0 Å². The molecule has 1 heterocycles. The summed E-state index contributed by atoms with van der Waals surface area (Å²) >= 11 is 0. The summed E-state index contributed by atoms with van der Waals surface area (Å²) in [4.78, 5) is 4.60. The number of rotatable bonds is 3. The minimum absolute atomic E-state index is 0.724. The molecule has 0 saturated heterocycles.